The summed E-state index contributed by atoms with van der Waals surface area (Å²) in [5, 5.41) is 5.52. The number of hydrogen-bond donors (Lipinski definition) is 2. The van der Waals surface area contributed by atoms with E-state index in [-0.39, 0.29) is 30.2 Å². The smallest absolute Gasteiger partial charge is 0.317 e. The summed E-state index contributed by atoms with van der Waals surface area (Å²) in [6.45, 7) is 2.83. The highest BCUT2D eigenvalue weighted by atomic mass is 32.2. The lowest BCUT2D eigenvalue weighted by atomic mass is 9.96. The van der Waals surface area contributed by atoms with Gasteiger partial charge in [-0.05, 0) is 25.0 Å². The Morgan fingerprint density at radius 1 is 1.10 bits per heavy atom. The minimum absolute atomic E-state index is 0.0435. The van der Waals surface area contributed by atoms with Crippen LogP contribution in [0.5, 0.6) is 0 Å². The molecule has 0 saturated carbocycles. The fraction of sp³-hybridized carbons (Fsp3) is 0.667. The van der Waals surface area contributed by atoms with Gasteiger partial charge in [0.2, 0.25) is 15.9 Å². The van der Waals surface area contributed by atoms with Gasteiger partial charge in [-0.2, -0.15) is 4.31 Å². The van der Waals surface area contributed by atoms with Crippen LogP contribution in [0, 0.1) is 5.92 Å². The molecule has 0 radical (unpaired) electrons. The molecule has 0 bridgehead atoms. The molecule has 29 heavy (non-hydrogen) atoms. The van der Waals surface area contributed by atoms with Crippen LogP contribution in [0.3, 0.4) is 0 Å². The Hall–Kier alpha value is -2.11. The Morgan fingerprint density at radius 2 is 1.83 bits per heavy atom. The van der Waals surface area contributed by atoms with Gasteiger partial charge in [-0.1, -0.05) is 0 Å². The maximum absolute atomic E-state index is 12.3. The Balaban J connectivity index is 1.34. The number of rotatable bonds is 7. The van der Waals surface area contributed by atoms with Gasteiger partial charge in [-0.25, -0.2) is 13.2 Å². The number of furan rings is 1. The van der Waals surface area contributed by atoms with Gasteiger partial charge in [0.25, 0.3) is 0 Å². The van der Waals surface area contributed by atoms with Crippen molar-refractivity contribution in [3.63, 3.8) is 0 Å². The Morgan fingerprint density at radius 3 is 2.48 bits per heavy atom. The number of piperidine rings is 1. The van der Waals surface area contributed by atoms with Crippen LogP contribution in [0.15, 0.2) is 22.8 Å². The zero-order valence-corrected chi connectivity index (χ0v) is 17.2. The van der Waals surface area contributed by atoms with Crippen LogP contribution in [-0.2, 0) is 26.1 Å². The van der Waals surface area contributed by atoms with E-state index in [2.05, 4.69) is 10.6 Å². The van der Waals surface area contributed by atoms with Gasteiger partial charge >= 0.3 is 6.03 Å². The number of likely N-dealkylation sites (tertiary alicyclic amines) is 1. The average molecular weight is 429 g/mol. The van der Waals surface area contributed by atoms with Crippen LogP contribution in [0.4, 0.5) is 4.79 Å². The number of carbonyl (C=O) groups is 2. The maximum atomic E-state index is 12.3. The number of nitrogens with zero attached hydrogens (tertiary/aromatic N) is 2. The van der Waals surface area contributed by atoms with Gasteiger partial charge in [0.05, 0.1) is 31.8 Å². The van der Waals surface area contributed by atoms with E-state index in [1.54, 1.807) is 23.3 Å². The van der Waals surface area contributed by atoms with Gasteiger partial charge in [0, 0.05) is 38.6 Å². The predicted octanol–water partition coefficient (Wildman–Crippen LogP) is -0.0206. The number of amides is 3. The fourth-order valence-electron chi connectivity index (χ4n) is 3.43. The molecule has 1 aromatic rings. The summed E-state index contributed by atoms with van der Waals surface area (Å²) >= 11 is 0. The monoisotopic (exact) mass is 428 g/mol. The highest BCUT2D eigenvalue weighted by molar-refractivity contribution is 7.89. The molecule has 2 aliphatic rings. The molecule has 1 aromatic heterocycles. The van der Waals surface area contributed by atoms with E-state index >= 15 is 0 Å². The summed E-state index contributed by atoms with van der Waals surface area (Å²) in [6.07, 6.45) is 2.71. The topological polar surface area (TPSA) is 121 Å². The third kappa shape index (κ3) is 6.18. The number of carbonyl (C=O) groups excluding carboxylic acids is 2. The first-order valence-electron chi connectivity index (χ1n) is 9.84. The van der Waals surface area contributed by atoms with E-state index in [0.717, 1.165) is 0 Å². The third-order valence-electron chi connectivity index (χ3n) is 5.17. The number of nitrogens with one attached hydrogen (secondary N) is 2. The first-order valence-corrected chi connectivity index (χ1v) is 11.4. The van der Waals surface area contributed by atoms with Crippen molar-refractivity contribution in [3.05, 3.63) is 24.2 Å². The SMILES string of the molecule is O=C(NCc1ccco1)C1CCN(C(=O)NCCS(=O)(=O)N2CCOCC2)CC1. The molecule has 3 amide bonds. The van der Waals surface area contributed by atoms with Crippen LogP contribution >= 0.6 is 0 Å². The van der Waals surface area contributed by atoms with E-state index in [0.29, 0.717) is 64.5 Å². The summed E-state index contributed by atoms with van der Waals surface area (Å²) in [7, 11) is -3.40. The first kappa shape index (κ1) is 21.6. The summed E-state index contributed by atoms with van der Waals surface area (Å²) in [6, 6.07) is 3.27. The van der Waals surface area contributed by atoms with Crippen molar-refractivity contribution in [2.45, 2.75) is 19.4 Å². The summed E-state index contributed by atoms with van der Waals surface area (Å²) in [4.78, 5) is 26.2. The van der Waals surface area contributed by atoms with Crippen LogP contribution in [0.1, 0.15) is 18.6 Å². The van der Waals surface area contributed by atoms with Crippen molar-refractivity contribution < 1.29 is 27.2 Å². The van der Waals surface area contributed by atoms with Crippen molar-refractivity contribution in [2.24, 2.45) is 5.92 Å². The summed E-state index contributed by atoms with van der Waals surface area (Å²) in [5.74, 6) is 0.376. The van der Waals surface area contributed by atoms with E-state index in [4.69, 9.17) is 9.15 Å². The van der Waals surface area contributed by atoms with Gasteiger partial charge in [0.1, 0.15) is 5.76 Å². The van der Waals surface area contributed by atoms with Crippen molar-refractivity contribution >= 4 is 22.0 Å². The van der Waals surface area contributed by atoms with Gasteiger partial charge in [-0.15, -0.1) is 0 Å². The highest BCUT2D eigenvalue weighted by Crippen LogP contribution is 2.17. The number of hydrogen-bond acceptors (Lipinski definition) is 6. The Bertz CT molecular complexity index is 768. The van der Waals surface area contributed by atoms with Crippen molar-refractivity contribution in [1.82, 2.24) is 19.8 Å². The lowest BCUT2D eigenvalue weighted by Gasteiger charge is -2.31. The van der Waals surface area contributed by atoms with E-state index in [1.807, 2.05) is 0 Å². The molecule has 162 valence electrons. The van der Waals surface area contributed by atoms with Crippen LogP contribution in [-0.4, -0.2) is 81.3 Å². The Labute approximate surface area is 170 Å². The second kappa shape index (κ2) is 10.1. The van der Waals surface area contributed by atoms with E-state index in [9.17, 15) is 18.0 Å². The maximum Gasteiger partial charge on any atom is 0.317 e. The van der Waals surface area contributed by atoms with Gasteiger partial charge < -0.3 is 24.7 Å². The van der Waals surface area contributed by atoms with Crippen LogP contribution < -0.4 is 10.6 Å². The van der Waals surface area contributed by atoms with Crippen molar-refractivity contribution in [1.29, 1.82) is 0 Å². The number of sulfonamides is 1. The quantitative estimate of drug-likeness (QED) is 0.630. The fourth-order valence-corrected chi connectivity index (χ4v) is 4.75. The molecule has 2 fully saturated rings. The number of urea groups is 1. The van der Waals surface area contributed by atoms with Crippen molar-refractivity contribution in [2.75, 3.05) is 51.7 Å². The molecule has 2 saturated heterocycles. The minimum atomic E-state index is -3.40. The molecular formula is C18H28N4O6S. The summed E-state index contributed by atoms with van der Waals surface area (Å²) < 4.78 is 36.3. The lowest BCUT2D eigenvalue weighted by Crippen LogP contribution is -2.48. The second-order valence-electron chi connectivity index (χ2n) is 7.12. The molecule has 0 aromatic carbocycles. The molecule has 2 aliphatic heterocycles. The molecule has 2 N–H and O–H groups in total. The highest BCUT2D eigenvalue weighted by Gasteiger charge is 2.28. The lowest BCUT2D eigenvalue weighted by molar-refractivity contribution is -0.126. The average Bonchev–Trinajstić information content (AvgIpc) is 3.26. The molecule has 0 aliphatic carbocycles. The first-order chi connectivity index (χ1) is 14.0. The molecule has 0 unspecified atom stereocenters. The zero-order chi connectivity index (χ0) is 20.7. The van der Waals surface area contributed by atoms with Crippen molar-refractivity contribution in [3.8, 4) is 0 Å². The molecule has 10 nitrogen and oxygen atoms in total. The Kier molecular flexibility index (Phi) is 7.51. The minimum Gasteiger partial charge on any atom is -0.467 e. The van der Waals surface area contributed by atoms with Crippen LogP contribution in [0.25, 0.3) is 0 Å². The second-order valence-corrected chi connectivity index (χ2v) is 9.21. The van der Waals surface area contributed by atoms with Gasteiger partial charge in [0.15, 0.2) is 0 Å². The molecule has 0 spiro atoms. The normalized spacial score (nSPS) is 19.1. The third-order valence-corrected chi connectivity index (χ3v) is 7.04. The summed E-state index contributed by atoms with van der Waals surface area (Å²) in [5.41, 5.74) is 0. The van der Waals surface area contributed by atoms with Crippen LogP contribution in [0.2, 0.25) is 0 Å². The number of morpholine rings is 1. The van der Waals surface area contributed by atoms with E-state index < -0.39 is 10.0 Å². The number of ether oxygens (including phenoxy) is 1. The molecule has 0 atom stereocenters. The predicted molar refractivity (Wildman–Crippen MR) is 104 cm³/mol. The van der Waals surface area contributed by atoms with E-state index in [1.165, 1.54) is 4.31 Å². The standard InChI is InChI=1S/C18H28N4O6S/c23-17(20-14-16-2-1-10-28-16)15-3-6-21(7-4-15)18(24)19-5-13-29(25,26)22-8-11-27-12-9-22/h1-2,10,15H,3-9,11-14H2,(H,19,24)(H,20,23). The zero-order valence-electron chi connectivity index (χ0n) is 16.3. The largest absolute Gasteiger partial charge is 0.467 e. The van der Waals surface area contributed by atoms with Gasteiger partial charge in [-0.3, -0.25) is 4.79 Å². The molecule has 11 heteroatoms. The molecule has 3 heterocycles. The molecule has 3 rings (SSSR count). The molecular weight excluding hydrogens is 400 g/mol.